The summed E-state index contributed by atoms with van der Waals surface area (Å²) in [6.45, 7) is 0.730. The first-order chi connectivity index (χ1) is 17.4. The van der Waals surface area contributed by atoms with E-state index in [9.17, 15) is 0 Å². The topological polar surface area (TPSA) is 52.2 Å². The van der Waals surface area contributed by atoms with Crippen LogP contribution in [0.4, 0.5) is 5.69 Å². The van der Waals surface area contributed by atoms with Crippen LogP contribution in [0.2, 0.25) is 10.0 Å². The van der Waals surface area contributed by atoms with Crippen molar-refractivity contribution in [3.8, 4) is 23.0 Å². The van der Waals surface area contributed by atoms with Gasteiger partial charge in [-0.3, -0.25) is 0 Å². The van der Waals surface area contributed by atoms with Crippen molar-refractivity contribution < 1.29 is 18.9 Å². The highest BCUT2D eigenvalue weighted by atomic mass is 35.5. The van der Waals surface area contributed by atoms with Gasteiger partial charge in [0.05, 0.1) is 44.5 Å². The number of nitrogens with one attached hydrogen (secondary N) is 1. The Kier molecular flexibility index (Phi) is 8.34. The zero-order valence-electron chi connectivity index (χ0n) is 20.6. The van der Waals surface area contributed by atoms with Crippen LogP contribution in [0.15, 0.2) is 48.5 Å². The molecule has 1 aliphatic heterocycles. The number of methoxy groups -OCH3 is 4. The molecule has 6 nitrogen and oxygen atoms in total. The van der Waals surface area contributed by atoms with Gasteiger partial charge in [0, 0.05) is 12.2 Å². The van der Waals surface area contributed by atoms with Crippen molar-refractivity contribution in [1.29, 1.82) is 0 Å². The molecule has 0 amide bonds. The van der Waals surface area contributed by atoms with Gasteiger partial charge < -0.3 is 29.2 Å². The SMILES string of the molecule is COc1ccc(CC2c3cc(OC)c(OC)cc3CCN2C(=S)Nc2ccc(Cl)c(Cl)c2)cc1OC. The van der Waals surface area contributed by atoms with Crippen LogP contribution in [0, 0.1) is 0 Å². The molecule has 3 aromatic carbocycles. The number of ether oxygens (including phenoxy) is 4. The second-order valence-corrected chi connectivity index (χ2v) is 9.52. The summed E-state index contributed by atoms with van der Waals surface area (Å²) < 4.78 is 22.1. The molecule has 0 aromatic heterocycles. The Morgan fingerprint density at radius 2 is 1.53 bits per heavy atom. The van der Waals surface area contributed by atoms with Crippen molar-refractivity contribution in [3.63, 3.8) is 0 Å². The highest BCUT2D eigenvalue weighted by Gasteiger charge is 2.31. The molecule has 9 heteroatoms. The number of benzene rings is 3. The van der Waals surface area contributed by atoms with Gasteiger partial charge in [-0.25, -0.2) is 0 Å². The fourth-order valence-electron chi connectivity index (χ4n) is 4.49. The van der Waals surface area contributed by atoms with E-state index < -0.39 is 0 Å². The Morgan fingerprint density at radius 3 is 2.19 bits per heavy atom. The van der Waals surface area contributed by atoms with E-state index in [1.807, 2.05) is 30.3 Å². The second-order valence-electron chi connectivity index (χ2n) is 8.32. The lowest BCUT2D eigenvalue weighted by Crippen LogP contribution is -2.43. The molecular weight excluding hydrogens is 519 g/mol. The van der Waals surface area contributed by atoms with E-state index in [4.69, 9.17) is 54.4 Å². The Labute approximate surface area is 227 Å². The van der Waals surface area contributed by atoms with Gasteiger partial charge in [0.25, 0.3) is 0 Å². The third kappa shape index (κ3) is 5.43. The summed E-state index contributed by atoms with van der Waals surface area (Å²) in [5.41, 5.74) is 4.19. The van der Waals surface area contributed by atoms with Crippen LogP contribution in [0.3, 0.4) is 0 Å². The second kappa shape index (κ2) is 11.5. The smallest absolute Gasteiger partial charge is 0.173 e. The maximum Gasteiger partial charge on any atom is 0.173 e. The normalized spacial score (nSPS) is 14.6. The molecular formula is C27H28Cl2N2O4S. The first-order valence-electron chi connectivity index (χ1n) is 11.4. The number of nitrogens with zero attached hydrogens (tertiary/aromatic N) is 1. The average molecular weight is 548 g/mol. The third-order valence-corrected chi connectivity index (χ3v) is 7.39. The Morgan fingerprint density at radius 1 is 0.861 bits per heavy atom. The molecule has 1 N–H and O–H groups in total. The molecule has 4 rings (SSSR count). The van der Waals surface area contributed by atoms with Gasteiger partial charge in [-0.05, 0) is 84.2 Å². The van der Waals surface area contributed by atoms with Crippen molar-refractivity contribution in [1.82, 2.24) is 4.90 Å². The molecule has 0 fully saturated rings. The van der Waals surface area contributed by atoms with E-state index >= 15 is 0 Å². The van der Waals surface area contributed by atoms with Crippen molar-refractivity contribution in [2.45, 2.75) is 18.9 Å². The number of thiocarbonyl (C=S) groups is 1. The predicted molar refractivity (Wildman–Crippen MR) is 149 cm³/mol. The lowest BCUT2D eigenvalue weighted by atomic mass is 9.88. The third-order valence-electron chi connectivity index (χ3n) is 6.31. The molecule has 1 heterocycles. The van der Waals surface area contributed by atoms with Gasteiger partial charge in [0.15, 0.2) is 28.1 Å². The number of fused-ring (bicyclic) bond motifs is 1. The average Bonchev–Trinajstić information content (AvgIpc) is 2.89. The van der Waals surface area contributed by atoms with E-state index in [1.54, 1.807) is 40.6 Å². The van der Waals surface area contributed by atoms with Gasteiger partial charge >= 0.3 is 0 Å². The molecule has 0 spiro atoms. The minimum atomic E-state index is -0.0607. The van der Waals surface area contributed by atoms with E-state index in [0.717, 1.165) is 29.8 Å². The molecule has 0 saturated carbocycles. The number of halogens is 2. The first-order valence-corrected chi connectivity index (χ1v) is 12.5. The van der Waals surface area contributed by atoms with Crippen LogP contribution in [-0.4, -0.2) is 45.0 Å². The van der Waals surface area contributed by atoms with E-state index in [0.29, 0.717) is 44.6 Å². The number of hydrogen-bond acceptors (Lipinski definition) is 5. The fraction of sp³-hybridized carbons (Fsp3) is 0.296. The quantitative estimate of drug-likeness (QED) is 0.336. The van der Waals surface area contributed by atoms with E-state index in [2.05, 4.69) is 16.3 Å². The van der Waals surface area contributed by atoms with Crippen molar-refractivity contribution in [2.24, 2.45) is 0 Å². The van der Waals surface area contributed by atoms with Crippen LogP contribution in [0.25, 0.3) is 0 Å². The molecule has 0 radical (unpaired) electrons. The van der Waals surface area contributed by atoms with Crippen molar-refractivity contribution in [3.05, 3.63) is 75.3 Å². The Bertz CT molecular complexity index is 1270. The maximum absolute atomic E-state index is 6.22. The zero-order chi connectivity index (χ0) is 25.8. The summed E-state index contributed by atoms with van der Waals surface area (Å²) in [5, 5.41) is 4.89. The van der Waals surface area contributed by atoms with Crippen molar-refractivity contribution >= 4 is 46.2 Å². The van der Waals surface area contributed by atoms with Crippen molar-refractivity contribution in [2.75, 3.05) is 40.3 Å². The molecule has 0 saturated heterocycles. The monoisotopic (exact) mass is 546 g/mol. The van der Waals surface area contributed by atoms with Crippen LogP contribution >= 0.6 is 35.4 Å². The molecule has 190 valence electrons. The summed E-state index contributed by atoms with van der Waals surface area (Å²) in [4.78, 5) is 2.20. The fourth-order valence-corrected chi connectivity index (χ4v) is 5.13. The summed E-state index contributed by atoms with van der Waals surface area (Å²) in [5.74, 6) is 2.76. The molecule has 0 bridgehead atoms. The van der Waals surface area contributed by atoms with Crippen LogP contribution in [-0.2, 0) is 12.8 Å². The summed E-state index contributed by atoms with van der Waals surface area (Å²) >= 11 is 18.2. The summed E-state index contributed by atoms with van der Waals surface area (Å²) in [7, 11) is 6.56. The minimum Gasteiger partial charge on any atom is -0.493 e. The lowest BCUT2D eigenvalue weighted by molar-refractivity contribution is 0.295. The number of hydrogen-bond donors (Lipinski definition) is 1. The van der Waals surface area contributed by atoms with Crippen LogP contribution in [0.5, 0.6) is 23.0 Å². The van der Waals surface area contributed by atoms with E-state index in [-0.39, 0.29) is 6.04 Å². The minimum absolute atomic E-state index is 0.0607. The van der Waals surface area contributed by atoms with Gasteiger partial charge in [-0.1, -0.05) is 29.3 Å². The predicted octanol–water partition coefficient (Wildman–Crippen LogP) is 6.57. The van der Waals surface area contributed by atoms with E-state index in [1.165, 1.54) is 5.56 Å². The lowest BCUT2D eigenvalue weighted by Gasteiger charge is -2.39. The molecule has 1 atom stereocenters. The number of anilines is 1. The van der Waals surface area contributed by atoms with Gasteiger partial charge in [-0.2, -0.15) is 0 Å². The van der Waals surface area contributed by atoms with Gasteiger partial charge in [0.1, 0.15) is 0 Å². The standard InChI is InChI=1S/C27H28Cl2N2O4S/c1-32-23-8-5-16(12-24(23)33-2)11-22-19-15-26(35-4)25(34-3)13-17(19)9-10-31(22)27(36)30-18-6-7-20(28)21(29)14-18/h5-8,12-15,22H,9-11H2,1-4H3,(H,30,36). The molecule has 0 aliphatic carbocycles. The summed E-state index contributed by atoms with van der Waals surface area (Å²) in [6.07, 6.45) is 1.49. The highest BCUT2D eigenvalue weighted by Crippen LogP contribution is 2.40. The molecule has 1 unspecified atom stereocenters. The molecule has 3 aromatic rings. The number of rotatable bonds is 7. The van der Waals surface area contributed by atoms with Gasteiger partial charge in [0.2, 0.25) is 0 Å². The highest BCUT2D eigenvalue weighted by molar-refractivity contribution is 7.80. The molecule has 36 heavy (non-hydrogen) atoms. The van der Waals surface area contributed by atoms with Crippen LogP contribution < -0.4 is 24.3 Å². The molecule has 1 aliphatic rings. The zero-order valence-corrected chi connectivity index (χ0v) is 22.9. The van der Waals surface area contributed by atoms with Crippen LogP contribution in [0.1, 0.15) is 22.7 Å². The summed E-state index contributed by atoms with van der Waals surface area (Å²) in [6, 6.07) is 15.4. The van der Waals surface area contributed by atoms with Gasteiger partial charge in [-0.15, -0.1) is 0 Å². The Balaban J connectivity index is 1.72. The maximum atomic E-state index is 6.22. The largest absolute Gasteiger partial charge is 0.493 e. The first kappa shape index (κ1) is 26.2. The Hall–Kier alpha value is -2.87.